The number of amides is 1. The zero-order chi connectivity index (χ0) is 18.7. The normalized spacial score (nSPS) is 15.5. The Bertz CT molecular complexity index is 860. The van der Waals surface area contributed by atoms with Crippen molar-refractivity contribution in [2.24, 2.45) is 0 Å². The molecule has 6 heteroatoms. The number of carbonyl (C=O) groups is 1. The van der Waals surface area contributed by atoms with Crippen molar-refractivity contribution in [1.29, 1.82) is 0 Å². The fourth-order valence-corrected chi connectivity index (χ4v) is 3.44. The van der Waals surface area contributed by atoms with Gasteiger partial charge in [0.15, 0.2) is 5.11 Å². The van der Waals surface area contributed by atoms with Crippen LogP contribution in [0.4, 0.5) is 11.4 Å². The number of rotatable bonds is 5. The highest BCUT2D eigenvalue weighted by atomic mass is 35.5. The van der Waals surface area contributed by atoms with E-state index in [1.807, 2.05) is 24.3 Å². The van der Waals surface area contributed by atoms with Crippen molar-refractivity contribution in [2.45, 2.75) is 13.8 Å². The molecule has 0 radical (unpaired) electrons. The fraction of sp³-hybridized carbons (Fsp3) is 0.200. The molecule has 0 aliphatic carbocycles. The maximum atomic E-state index is 12.8. The Hall–Kier alpha value is -2.37. The van der Waals surface area contributed by atoms with Crippen molar-refractivity contribution in [2.75, 3.05) is 22.9 Å². The van der Waals surface area contributed by atoms with E-state index >= 15 is 0 Å². The summed E-state index contributed by atoms with van der Waals surface area (Å²) in [4.78, 5) is 16.5. The van der Waals surface area contributed by atoms with Crippen molar-refractivity contribution in [3.8, 4) is 0 Å². The zero-order valence-electron chi connectivity index (χ0n) is 14.7. The molecule has 4 nitrogen and oxygen atoms in total. The molecule has 1 amide bonds. The molecule has 1 N–H and O–H groups in total. The average molecular weight is 386 g/mol. The number of para-hydroxylation sites is 1. The van der Waals surface area contributed by atoms with Crippen LogP contribution in [0.15, 0.2) is 54.2 Å². The van der Waals surface area contributed by atoms with Crippen LogP contribution in [0.2, 0.25) is 5.02 Å². The first-order valence-electron chi connectivity index (χ1n) is 8.51. The smallest absolute Gasteiger partial charge is 0.281 e. The van der Waals surface area contributed by atoms with Gasteiger partial charge in [-0.3, -0.25) is 9.69 Å². The van der Waals surface area contributed by atoms with Crippen LogP contribution in [0.1, 0.15) is 19.4 Å². The Labute approximate surface area is 164 Å². The van der Waals surface area contributed by atoms with E-state index in [2.05, 4.69) is 36.2 Å². The van der Waals surface area contributed by atoms with Gasteiger partial charge in [0, 0.05) is 18.8 Å². The van der Waals surface area contributed by atoms with Gasteiger partial charge in [-0.2, -0.15) is 0 Å². The number of carbonyl (C=O) groups excluding carboxylic acids is 1. The zero-order valence-corrected chi connectivity index (χ0v) is 16.3. The maximum Gasteiger partial charge on any atom is 0.281 e. The van der Waals surface area contributed by atoms with Crippen molar-refractivity contribution in [3.05, 3.63) is 64.8 Å². The van der Waals surface area contributed by atoms with Gasteiger partial charge >= 0.3 is 0 Å². The first-order valence-corrected chi connectivity index (χ1v) is 9.30. The number of nitrogens with one attached hydrogen (secondary N) is 1. The number of anilines is 2. The van der Waals surface area contributed by atoms with Gasteiger partial charge in [-0.05, 0) is 62.0 Å². The Balaban J connectivity index is 1.85. The lowest BCUT2D eigenvalue weighted by Crippen LogP contribution is -2.30. The molecular weight excluding hydrogens is 366 g/mol. The Morgan fingerprint density at radius 3 is 2.38 bits per heavy atom. The molecule has 1 saturated heterocycles. The van der Waals surface area contributed by atoms with Gasteiger partial charge in [-0.1, -0.05) is 35.9 Å². The first kappa shape index (κ1) is 18.4. The average Bonchev–Trinajstić information content (AvgIpc) is 2.91. The molecule has 3 rings (SSSR count). The molecule has 1 heterocycles. The van der Waals surface area contributed by atoms with E-state index in [0.29, 0.717) is 21.5 Å². The summed E-state index contributed by atoms with van der Waals surface area (Å²) in [6, 6.07) is 15.3. The van der Waals surface area contributed by atoms with E-state index in [1.165, 1.54) is 4.90 Å². The van der Waals surface area contributed by atoms with Gasteiger partial charge < -0.3 is 10.2 Å². The number of halogens is 1. The van der Waals surface area contributed by atoms with E-state index in [-0.39, 0.29) is 5.91 Å². The van der Waals surface area contributed by atoms with Gasteiger partial charge in [0.05, 0.1) is 10.7 Å². The van der Waals surface area contributed by atoms with E-state index < -0.39 is 0 Å². The molecule has 0 saturated carbocycles. The van der Waals surface area contributed by atoms with E-state index in [0.717, 1.165) is 24.3 Å². The second kappa shape index (κ2) is 7.89. The molecule has 134 valence electrons. The lowest BCUT2D eigenvalue weighted by Gasteiger charge is -2.20. The monoisotopic (exact) mass is 385 g/mol. The number of nitrogens with zero attached hydrogens (tertiary/aromatic N) is 2. The molecule has 0 spiro atoms. The largest absolute Gasteiger partial charge is 0.372 e. The second-order valence-electron chi connectivity index (χ2n) is 5.84. The van der Waals surface area contributed by atoms with Crippen LogP contribution in [0.3, 0.4) is 0 Å². The van der Waals surface area contributed by atoms with E-state index in [4.69, 9.17) is 23.8 Å². The highest BCUT2D eigenvalue weighted by Crippen LogP contribution is 2.29. The van der Waals surface area contributed by atoms with Gasteiger partial charge in [0.2, 0.25) is 0 Å². The quantitative estimate of drug-likeness (QED) is 0.609. The van der Waals surface area contributed by atoms with Crippen LogP contribution in [0.25, 0.3) is 6.08 Å². The van der Waals surface area contributed by atoms with Crippen molar-refractivity contribution >= 4 is 52.3 Å². The number of thiocarbonyl (C=S) groups is 1. The third-order valence-corrected chi connectivity index (χ3v) is 4.91. The molecular formula is C20H20ClN3OS. The summed E-state index contributed by atoms with van der Waals surface area (Å²) in [5.41, 5.74) is 3.11. The molecule has 1 aliphatic heterocycles. The third kappa shape index (κ3) is 3.59. The highest BCUT2D eigenvalue weighted by molar-refractivity contribution is 7.80. The number of hydrogen-bond acceptors (Lipinski definition) is 3. The summed E-state index contributed by atoms with van der Waals surface area (Å²) in [6.07, 6.45) is 1.80. The van der Waals surface area contributed by atoms with Crippen LogP contribution in [-0.4, -0.2) is 24.1 Å². The van der Waals surface area contributed by atoms with Gasteiger partial charge in [-0.15, -0.1) is 0 Å². The molecule has 26 heavy (non-hydrogen) atoms. The minimum Gasteiger partial charge on any atom is -0.372 e. The molecule has 1 aliphatic rings. The topological polar surface area (TPSA) is 35.6 Å². The molecule has 0 bridgehead atoms. The maximum absolute atomic E-state index is 12.8. The van der Waals surface area contributed by atoms with Gasteiger partial charge in [-0.25, -0.2) is 0 Å². The summed E-state index contributed by atoms with van der Waals surface area (Å²) >= 11 is 11.5. The summed E-state index contributed by atoms with van der Waals surface area (Å²) in [5, 5.41) is 3.80. The summed E-state index contributed by atoms with van der Waals surface area (Å²) < 4.78 is 0. The van der Waals surface area contributed by atoms with Crippen LogP contribution in [0, 0.1) is 0 Å². The lowest BCUT2D eigenvalue weighted by atomic mass is 10.1. The van der Waals surface area contributed by atoms with Crippen molar-refractivity contribution in [3.63, 3.8) is 0 Å². The van der Waals surface area contributed by atoms with Crippen LogP contribution in [-0.2, 0) is 4.79 Å². The van der Waals surface area contributed by atoms with Crippen LogP contribution in [0.5, 0.6) is 0 Å². The Morgan fingerprint density at radius 1 is 1.12 bits per heavy atom. The number of benzene rings is 2. The summed E-state index contributed by atoms with van der Waals surface area (Å²) in [7, 11) is 0. The number of hydrogen-bond donors (Lipinski definition) is 1. The minimum atomic E-state index is -0.212. The molecule has 1 fully saturated rings. The molecule has 0 atom stereocenters. The van der Waals surface area contributed by atoms with Crippen molar-refractivity contribution in [1.82, 2.24) is 5.32 Å². The standard InChI is InChI=1S/C20H20ClN3OS/c1-3-23(4-2)15-11-9-14(10-12-15)13-17-19(25)24(20(26)22-17)18-8-6-5-7-16(18)21/h5-13H,3-4H2,1-2H3,(H,22,26)/b17-13-. The predicted octanol–water partition coefficient (Wildman–Crippen LogP) is 4.45. The lowest BCUT2D eigenvalue weighted by molar-refractivity contribution is -0.113. The first-order chi connectivity index (χ1) is 12.5. The minimum absolute atomic E-state index is 0.212. The summed E-state index contributed by atoms with van der Waals surface area (Å²) in [6.45, 7) is 6.17. The molecule has 2 aromatic rings. The molecule has 0 unspecified atom stereocenters. The van der Waals surface area contributed by atoms with E-state index in [9.17, 15) is 4.79 Å². The fourth-order valence-electron chi connectivity index (χ4n) is 2.92. The van der Waals surface area contributed by atoms with Gasteiger partial charge in [0.25, 0.3) is 5.91 Å². The third-order valence-electron chi connectivity index (χ3n) is 4.30. The Kier molecular flexibility index (Phi) is 5.59. The Morgan fingerprint density at radius 2 is 1.77 bits per heavy atom. The predicted molar refractivity (Wildman–Crippen MR) is 113 cm³/mol. The highest BCUT2D eigenvalue weighted by Gasteiger charge is 2.32. The van der Waals surface area contributed by atoms with E-state index in [1.54, 1.807) is 18.2 Å². The van der Waals surface area contributed by atoms with Gasteiger partial charge in [0.1, 0.15) is 5.70 Å². The van der Waals surface area contributed by atoms with Crippen molar-refractivity contribution < 1.29 is 4.79 Å². The SMILES string of the molecule is CCN(CC)c1ccc(/C=C2\NC(=S)N(c3ccccc3Cl)C2=O)cc1. The van der Waals surface area contributed by atoms with Crippen LogP contribution < -0.4 is 15.1 Å². The van der Waals surface area contributed by atoms with Crippen LogP contribution >= 0.6 is 23.8 Å². The molecule has 2 aromatic carbocycles. The second-order valence-corrected chi connectivity index (χ2v) is 6.64. The molecule has 0 aromatic heterocycles. The summed E-state index contributed by atoms with van der Waals surface area (Å²) in [5.74, 6) is -0.212.